The van der Waals surface area contributed by atoms with E-state index in [4.69, 9.17) is 42.6 Å². The minimum Gasteiger partial charge on any atom is -0.497 e. The van der Waals surface area contributed by atoms with Crippen LogP contribution in [0.25, 0.3) is 0 Å². The van der Waals surface area contributed by atoms with Gasteiger partial charge in [-0.15, -0.1) is 0 Å². The van der Waals surface area contributed by atoms with E-state index in [1.165, 1.54) is 20.9 Å². The zero-order valence-corrected chi connectivity index (χ0v) is 44.1. The predicted molar refractivity (Wildman–Crippen MR) is 274 cm³/mol. The Morgan fingerprint density at radius 3 is 1.75 bits per heavy atom. The van der Waals surface area contributed by atoms with E-state index in [2.05, 4.69) is 16.0 Å². The average Bonchev–Trinajstić information content (AvgIpc) is 3.42. The highest BCUT2D eigenvalue weighted by Crippen LogP contribution is 2.41. The van der Waals surface area contributed by atoms with Gasteiger partial charge in [-0.2, -0.15) is 0 Å². The summed E-state index contributed by atoms with van der Waals surface area (Å²) in [6.07, 6.45) is -1.65. The monoisotopic (exact) mass is 1060 g/mol. The second-order valence-corrected chi connectivity index (χ2v) is 17.7. The minimum atomic E-state index is -1.31. The molecular formula is C53H70N6O17. The summed E-state index contributed by atoms with van der Waals surface area (Å²) < 4.78 is 53.7. The van der Waals surface area contributed by atoms with Crippen LogP contribution in [0.1, 0.15) is 57.2 Å². The number of methoxy groups -OCH3 is 2. The fourth-order valence-corrected chi connectivity index (χ4v) is 8.51. The van der Waals surface area contributed by atoms with Crippen LogP contribution in [0, 0.1) is 11.8 Å². The molecule has 5 unspecified atom stereocenters. The maximum atomic E-state index is 14.2. The van der Waals surface area contributed by atoms with E-state index in [1.54, 1.807) is 38.5 Å². The first kappa shape index (κ1) is 59.7. The van der Waals surface area contributed by atoms with Crippen LogP contribution in [-0.4, -0.2) is 142 Å². The van der Waals surface area contributed by atoms with Gasteiger partial charge in [0.15, 0.2) is 6.29 Å². The Bertz CT molecular complexity index is 2660. The van der Waals surface area contributed by atoms with Crippen LogP contribution in [0.4, 0.5) is 0 Å². The van der Waals surface area contributed by atoms with E-state index in [0.29, 0.717) is 22.6 Å². The average molecular weight is 1060 g/mol. The lowest BCUT2D eigenvalue weighted by atomic mass is 9.80. The predicted octanol–water partition coefficient (Wildman–Crippen LogP) is 1.50. The standard InChI is InChI=1S/C53H70N6O17/c1-35-36(2)48(56-37(3)60)49(76-44(35)33-74-38(4)61)73-32-31-70-29-30-71-34-46(63)55-23-24-57-50(65)58(25-27-72-47(64)22-21-45(62)54-5)52(67)59(51(57)66)26-28-75-53(39-11-9-8-10-12-39,40-13-17-42(68-6)18-14-40)41-15-19-43(69-7)20-16-41/h8-20,35-36,44,48-49H,21-34H2,1-7H3,(H,54,62)(H,55,63)(H,56,60). The van der Waals surface area contributed by atoms with Crippen molar-refractivity contribution in [2.75, 3.05) is 80.7 Å². The molecule has 2 heterocycles. The number of nitrogens with zero attached hydrogens (tertiary/aromatic N) is 3. The molecule has 1 fully saturated rings. The van der Waals surface area contributed by atoms with Crippen molar-refractivity contribution in [2.45, 2.75) is 84.2 Å². The number of amides is 3. The smallest absolute Gasteiger partial charge is 0.336 e. The third-order valence-corrected chi connectivity index (χ3v) is 12.8. The summed E-state index contributed by atoms with van der Waals surface area (Å²) in [7, 11) is 4.53. The second-order valence-electron chi connectivity index (χ2n) is 17.7. The molecule has 0 aliphatic carbocycles. The van der Waals surface area contributed by atoms with E-state index >= 15 is 0 Å². The van der Waals surface area contributed by atoms with Gasteiger partial charge in [0, 0.05) is 40.4 Å². The van der Waals surface area contributed by atoms with Crippen LogP contribution in [0.5, 0.6) is 11.5 Å². The van der Waals surface area contributed by atoms with Crippen LogP contribution in [-0.2, 0) is 82.4 Å². The maximum Gasteiger partial charge on any atom is 0.336 e. The molecule has 5 rings (SSSR count). The summed E-state index contributed by atoms with van der Waals surface area (Å²) in [4.78, 5) is 103. The number of esters is 2. The van der Waals surface area contributed by atoms with Crippen molar-refractivity contribution < 1.29 is 66.6 Å². The number of hydrogen-bond donors (Lipinski definition) is 3. The number of rotatable bonds is 30. The van der Waals surface area contributed by atoms with Crippen molar-refractivity contribution in [1.29, 1.82) is 0 Å². The van der Waals surface area contributed by atoms with Crippen LogP contribution < -0.4 is 42.5 Å². The van der Waals surface area contributed by atoms with Gasteiger partial charge >= 0.3 is 29.0 Å². The number of hydrogen-bond acceptors (Lipinski definition) is 17. The molecule has 5 atom stereocenters. The first-order valence-corrected chi connectivity index (χ1v) is 24.9. The first-order chi connectivity index (χ1) is 36.5. The molecule has 0 bridgehead atoms. The van der Waals surface area contributed by atoms with Gasteiger partial charge in [-0.05, 0) is 52.8 Å². The normalized spacial score (nSPS) is 17.3. The van der Waals surface area contributed by atoms with E-state index in [9.17, 15) is 38.4 Å². The topological polar surface area (TPSA) is 271 Å². The van der Waals surface area contributed by atoms with Crippen molar-refractivity contribution in [2.24, 2.45) is 11.8 Å². The van der Waals surface area contributed by atoms with E-state index in [0.717, 1.165) is 19.3 Å². The Hall–Kier alpha value is -7.18. The first-order valence-electron chi connectivity index (χ1n) is 24.9. The molecule has 3 N–H and O–H groups in total. The fourth-order valence-electron chi connectivity index (χ4n) is 8.51. The van der Waals surface area contributed by atoms with E-state index in [1.807, 2.05) is 68.4 Å². The van der Waals surface area contributed by atoms with Crippen molar-refractivity contribution in [3.8, 4) is 11.5 Å². The summed E-state index contributed by atoms with van der Waals surface area (Å²) in [5.41, 5.74) is -2.19. The number of benzene rings is 3. The Kier molecular flexibility index (Phi) is 23.4. The van der Waals surface area contributed by atoms with Crippen LogP contribution in [0.15, 0.2) is 93.2 Å². The molecule has 1 saturated heterocycles. The molecule has 23 nitrogen and oxygen atoms in total. The van der Waals surface area contributed by atoms with Crippen LogP contribution >= 0.6 is 0 Å². The summed E-state index contributed by atoms with van der Waals surface area (Å²) in [5.74, 6) is -1.28. The summed E-state index contributed by atoms with van der Waals surface area (Å²) in [5, 5.41) is 7.91. The molecule has 3 amide bonds. The molecule has 1 aliphatic heterocycles. The van der Waals surface area contributed by atoms with E-state index in [-0.39, 0.29) is 102 Å². The number of aromatic nitrogens is 3. The quantitative estimate of drug-likeness (QED) is 0.0379. The Labute approximate surface area is 440 Å². The van der Waals surface area contributed by atoms with Gasteiger partial charge in [0.25, 0.3) is 0 Å². The number of nitrogens with one attached hydrogen (secondary N) is 3. The largest absolute Gasteiger partial charge is 0.497 e. The van der Waals surface area contributed by atoms with E-state index < -0.39 is 72.1 Å². The lowest BCUT2D eigenvalue weighted by Crippen LogP contribution is -2.58. The van der Waals surface area contributed by atoms with Crippen LogP contribution in [0.2, 0.25) is 0 Å². The molecule has 23 heteroatoms. The molecule has 0 spiro atoms. The molecule has 1 aliphatic rings. The van der Waals surface area contributed by atoms with Gasteiger partial charge < -0.3 is 58.6 Å². The van der Waals surface area contributed by atoms with Gasteiger partial charge in [0.05, 0.1) is 78.9 Å². The van der Waals surface area contributed by atoms with Gasteiger partial charge in [-0.3, -0.25) is 24.0 Å². The summed E-state index contributed by atoms with van der Waals surface area (Å²) in [6, 6.07) is 23.5. The highest BCUT2D eigenvalue weighted by molar-refractivity contribution is 5.81. The zero-order valence-electron chi connectivity index (χ0n) is 44.1. The number of ether oxygens (including phenoxy) is 9. The van der Waals surface area contributed by atoms with Crippen molar-refractivity contribution >= 4 is 29.7 Å². The lowest BCUT2D eigenvalue weighted by molar-refractivity contribution is -0.247. The minimum absolute atomic E-state index is 0.0247. The van der Waals surface area contributed by atoms with Gasteiger partial charge in [-0.1, -0.05) is 68.4 Å². The number of carbonyl (C=O) groups excluding carboxylic acids is 5. The SMILES string of the molecule is CNC(=O)CCC(=O)OCCn1c(=O)n(CCNC(=O)COCCOCCOC2OC(COC(C)=O)C(C)C(C)C2NC(C)=O)c(=O)n(CCOC(c2ccccc2)(c2ccc(OC)cc2)c2ccc(OC)cc2)c1=O. The lowest BCUT2D eigenvalue weighted by Gasteiger charge is -2.44. The maximum absolute atomic E-state index is 14.2. The van der Waals surface area contributed by atoms with Gasteiger partial charge in [0.2, 0.25) is 17.7 Å². The molecule has 4 aromatic rings. The summed E-state index contributed by atoms with van der Waals surface area (Å²) >= 11 is 0. The fraction of sp³-hybridized carbons (Fsp3) is 0.509. The van der Waals surface area contributed by atoms with Crippen molar-refractivity contribution in [3.05, 3.63) is 127 Å². The molecule has 414 valence electrons. The molecule has 0 radical (unpaired) electrons. The number of carbonyl (C=O) groups is 5. The van der Waals surface area contributed by atoms with Crippen LogP contribution in [0.3, 0.4) is 0 Å². The molecular weight excluding hydrogens is 993 g/mol. The third kappa shape index (κ3) is 16.4. The summed E-state index contributed by atoms with van der Waals surface area (Å²) in [6.45, 7) is 4.57. The Morgan fingerprint density at radius 2 is 1.18 bits per heavy atom. The van der Waals surface area contributed by atoms with Crippen molar-refractivity contribution in [1.82, 2.24) is 29.7 Å². The third-order valence-electron chi connectivity index (χ3n) is 12.8. The zero-order chi connectivity index (χ0) is 55.2. The second kappa shape index (κ2) is 29.8. The molecule has 76 heavy (non-hydrogen) atoms. The van der Waals surface area contributed by atoms with Gasteiger partial charge in [0.1, 0.15) is 36.9 Å². The Morgan fingerprint density at radius 1 is 0.632 bits per heavy atom. The highest BCUT2D eigenvalue weighted by atomic mass is 16.7. The van der Waals surface area contributed by atoms with Crippen molar-refractivity contribution in [3.63, 3.8) is 0 Å². The highest BCUT2D eigenvalue weighted by Gasteiger charge is 2.43. The van der Waals surface area contributed by atoms with Gasteiger partial charge in [-0.25, -0.2) is 28.1 Å². The molecule has 1 aromatic heterocycles. The Balaban J connectivity index is 1.25. The molecule has 0 saturated carbocycles. The molecule has 3 aromatic carbocycles.